The Labute approximate surface area is 164 Å². The maximum Gasteiger partial charge on any atom is 0.451 e. The number of hydrogen-bond donors (Lipinski definition) is 0. The Morgan fingerprint density at radius 2 is 1.90 bits per heavy atom. The molecule has 6 nitrogen and oxygen atoms in total. The molecule has 0 bridgehead atoms. The van der Waals surface area contributed by atoms with Crippen molar-refractivity contribution >= 4 is 12.0 Å². The van der Waals surface area contributed by atoms with Crippen LogP contribution in [0.5, 0.6) is 0 Å². The fraction of sp³-hybridized carbons (Fsp3) is 0.250. The first-order chi connectivity index (χ1) is 13.8. The first-order valence-electron chi connectivity index (χ1n) is 8.95. The lowest BCUT2D eigenvalue weighted by Gasteiger charge is -2.35. The Morgan fingerprint density at radius 3 is 2.55 bits per heavy atom. The maximum absolute atomic E-state index is 13.3. The molecule has 1 aliphatic rings. The highest BCUT2D eigenvalue weighted by Gasteiger charge is 2.43. The summed E-state index contributed by atoms with van der Waals surface area (Å²) < 4.78 is 46.3. The lowest BCUT2D eigenvalue weighted by molar-refractivity contribution is -0.148. The Morgan fingerprint density at radius 1 is 1.14 bits per heavy atom. The molecule has 9 heteroatoms. The molecule has 2 aromatic heterocycles. The van der Waals surface area contributed by atoms with E-state index in [4.69, 9.17) is 4.42 Å². The number of benzene rings is 1. The minimum absolute atomic E-state index is 0.0417. The van der Waals surface area contributed by atoms with E-state index in [2.05, 4.69) is 10.2 Å². The van der Waals surface area contributed by atoms with Gasteiger partial charge in [0.15, 0.2) is 5.82 Å². The SMILES string of the molecule is Cc1ccc(/C=C/C(=O)N2CCn3c(nnc3C(F)(F)F)C2c2ccccc2)o1. The quantitative estimate of drug-likeness (QED) is 0.625. The van der Waals surface area contributed by atoms with Crippen LogP contribution in [0.3, 0.4) is 0 Å². The standard InChI is InChI=1S/C20H17F3N4O2/c1-13-7-8-15(29-13)9-10-16(28)26-11-12-27-18(24-25-19(27)20(21,22)23)17(26)14-5-3-2-4-6-14/h2-10,17H,11-12H2,1H3/b10-9+. The second-order valence-corrected chi connectivity index (χ2v) is 6.66. The van der Waals surface area contributed by atoms with Crippen LogP contribution in [0.2, 0.25) is 0 Å². The summed E-state index contributed by atoms with van der Waals surface area (Å²) in [7, 11) is 0. The fourth-order valence-electron chi connectivity index (χ4n) is 3.42. The number of nitrogens with zero attached hydrogens (tertiary/aromatic N) is 4. The van der Waals surface area contributed by atoms with Crippen LogP contribution in [0.1, 0.15) is 34.8 Å². The molecule has 1 aromatic carbocycles. The van der Waals surface area contributed by atoms with Gasteiger partial charge in [0.2, 0.25) is 11.7 Å². The van der Waals surface area contributed by atoms with Crippen LogP contribution >= 0.6 is 0 Å². The van der Waals surface area contributed by atoms with Crippen molar-refractivity contribution in [1.29, 1.82) is 0 Å². The molecule has 3 aromatic rings. The number of amides is 1. The third kappa shape index (κ3) is 3.67. The minimum Gasteiger partial charge on any atom is -0.462 e. The normalized spacial score (nSPS) is 17.0. The van der Waals surface area contributed by atoms with Gasteiger partial charge in [0.25, 0.3) is 0 Å². The number of rotatable bonds is 3. The maximum atomic E-state index is 13.3. The zero-order chi connectivity index (χ0) is 20.6. The van der Waals surface area contributed by atoms with Gasteiger partial charge >= 0.3 is 6.18 Å². The van der Waals surface area contributed by atoms with Crippen molar-refractivity contribution in [2.24, 2.45) is 0 Å². The topological polar surface area (TPSA) is 64.2 Å². The number of aromatic nitrogens is 3. The molecular formula is C20H17F3N4O2. The number of halogens is 3. The number of hydrogen-bond acceptors (Lipinski definition) is 4. The molecule has 0 radical (unpaired) electrons. The zero-order valence-corrected chi connectivity index (χ0v) is 15.4. The van der Waals surface area contributed by atoms with E-state index in [1.807, 2.05) is 0 Å². The average Bonchev–Trinajstić information content (AvgIpc) is 3.31. The smallest absolute Gasteiger partial charge is 0.451 e. The summed E-state index contributed by atoms with van der Waals surface area (Å²) in [6.07, 6.45) is -1.72. The molecule has 1 aliphatic heterocycles. The van der Waals surface area contributed by atoms with Crippen LogP contribution in [0, 0.1) is 6.92 Å². The molecule has 4 rings (SSSR count). The van der Waals surface area contributed by atoms with Crippen molar-refractivity contribution in [3.63, 3.8) is 0 Å². The number of aryl methyl sites for hydroxylation is 1. The summed E-state index contributed by atoms with van der Waals surface area (Å²) in [5.41, 5.74) is 0.658. The summed E-state index contributed by atoms with van der Waals surface area (Å²) in [5, 5.41) is 7.14. The molecule has 0 fully saturated rings. The third-order valence-corrected chi connectivity index (χ3v) is 4.70. The zero-order valence-electron chi connectivity index (χ0n) is 15.4. The van der Waals surface area contributed by atoms with Crippen molar-refractivity contribution in [3.05, 3.63) is 77.3 Å². The number of furan rings is 1. The van der Waals surface area contributed by atoms with Crippen molar-refractivity contribution in [2.45, 2.75) is 25.7 Å². The predicted molar refractivity (Wildman–Crippen MR) is 97.5 cm³/mol. The molecule has 29 heavy (non-hydrogen) atoms. The monoisotopic (exact) mass is 402 g/mol. The number of carbonyl (C=O) groups excluding carboxylic acids is 1. The van der Waals surface area contributed by atoms with Gasteiger partial charge in [-0.05, 0) is 30.7 Å². The van der Waals surface area contributed by atoms with Crippen molar-refractivity contribution < 1.29 is 22.4 Å². The molecule has 0 saturated heterocycles. The summed E-state index contributed by atoms with van der Waals surface area (Å²) in [5.74, 6) is -0.0834. The molecule has 0 spiro atoms. The third-order valence-electron chi connectivity index (χ3n) is 4.70. The number of alkyl halides is 3. The Balaban J connectivity index is 1.71. The largest absolute Gasteiger partial charge is 0.462 e. The molecule has 1 amide bonds. The first-order valence-corrected chi connectivity index (χ1v) is 8.95. The van der Waals surface area contributed by atoms with Gasteiger partial charge in [-0.25, -0.2) is 0 Å². The summed E-state index contributed by atoms with van der Waals surface area (Å²) in [6.45, 7) is 1.84. The molecule has 1 unspecified atom stereocenters. The molecule has 150 valence electrons. The lowest BCUT2D eigenvalue weighted by atomic mass is 10.0. The second kappa shape index (κ2) is 7.23. The van der Waals surface area contributed by atoms with E-state index >= 15 is 0 Å². The van der Waals surface area contributed by atoms with Gasteiger partial charge in [0.1, 0.15) is 17.6 Å². The number of carbonyl (C=O) groups is 1. The van der Waals surface area contributed by atoms with Crippen LogP contribution in [0.25, 0.3) is 6.08 Å². The summed E-state index contributed by atoms with van der Waals surface area (Å²) in [4.78, 5) is 14.4. The van der Waals surface area contributed by atoms with Gasteiger partial charge in [0, 0.05) is 19.2 Å². The van der Waals surface area contributed by atoms with Crippen LogP contribution < -0.4 is 0 Å². The molecule has 3 heterocycles. The van der Waals surface area contributed by atoms with Gasteiger partial charge in [-0.15, -0.1) is 10.2 Å². The van der Waals surface area contributed by atoms with Gasteiger partial charge in [-0.3, -0.25) is 4.79 Å². The molecule has 1 atom stereocenters. The van der Waals surface area contributed by atoms with E-state index in [1.165, 1.54) is 17.1 Å². The Bertz CT molecular complexity index is 1050. The fourth-order valence-corrected chi connectivity index (χ4v) is 3.42. The van der Waals surface area contributed by atoms with Crippen LogP contribution in [-0.2, 0) is 17.5 Å². The Kier molecular flexibility index (Phi) is 4.73. The van der Waals surface area contributed by atoms with Gasteiger partial charge in [0.05, 0.1) is 0 Å². The number of fused-ring (bicyclic) bond motifs is 1. The van der Waals surface area contributed by atoms with Crippen LogP contribution in [0.15, 0.2) is 53.0 Å². The van der Waals surface area contributed by atoms with Gasteiger partial charge in [-0.2, -0.15) is 13.2 Å². The molecular weight excluding hydrogens is 385 g/mol. The molecule has 0 saturated carbocycles. The predicted octanol–water partition coefficient (Wildman–Crippen LogP) is 3.84. The Hall–Kier alpha value is -3.36. The average molecular weight is 402 g/mol. The van der Waals surface area contributed by atoms with Crippen molar-refractivity contribution in [1.82, 2.24) is 19.7 Å². The highest BCUT2D eigenvalue weighted by atomic mass is 19.4. The van der Waals surface area contributed by atoms with E-state index < -0.39 is 18.0 Å². The van der Waals surface area contributed by atoms with E-state index in [-0.39, 0.29) is 24.8 Å². The van der Waals surface area contributed by atoms with Crippen molar-refractivity contribution in [2.75, 3.05) is 6.54 Å². The second-order valence-electron chi connectivity index (χ2n) is 6.66. The summed E-state index contributed by atoms with van der Waals surface area (Å²) in [6, 6.07) is 11.6. The van der Waals surface area contributed by atoms with E-state index in [9.17, 15) is 18.0 Å². The summed E-state index contributed by atoms with van der Waals surface area (Å²) >= 11 is 0. The molecule has 0 aliphatic carbocycles. The lowest BCUT2D eigenvalue weighted by Crippen LogP contribution is -2.42. The van der Waals surface area contributed by atoms with Crippen LogP contribution in [0.4, 0.5) is 13.2 Å². The van der Waals surface area contributed by atoms with E-state index in [0.717, 1.165) is 4.57 Å². The highest BCUT2D eigenvalue weighted by molar-refractivity contribution is 5.92. The first kappa shape index (κ1) is 19.0. The highest BCUT2D eigenvalue weighted by Crippen LogP contribution is 2.36. The van der Waals surface area contributed by atoms with Gasteiger partial charge in [-0.1, -0.05) is 30.3 Å². The van der Waals surface area contributed by atoms with Crippen molar-refractivity contribution in [3.8, 4) is 0 Å². The molecule has 0 N–H and O–H groups in total. The van der Waals surface area contributed by atoms with E-state index in [0.29, 0.717) is 17.1 Å². The van der Waals surface area contributed by atoms with Gasteiger partial charge < -0.3 is 13.9 Å². The minimum atomic E-state index is -4.62. The van der Waals surface area contributed by atoms with Crippen LogP contribution in [-0.4, -0.2) is 32.1 Å². The van der Waals surface area contributed by atoms with E-state index in [1.54, 1.807) is 49.4 Å².